The number of amides is 1. The van der Waals surface area contributed by atoms with E-state index >= 15 is 4.39 Å². The van der Waals surface area contributed by atoms with Crippen LogP contribution in [0.2, 0.25) is 10.0 Å². The molecule has 2 aromatic carbocycles. The number of aliphatic carboxylic acids is 1. The van der Waals surface area contributed by atoms with Crippen LogP contribution >= 0.6 is 23.2 Å². The molecule has 1 fully saturated rings. The Morgan fingerprint density at radius 2 is 1.97 bits per heavy atom. The Morgan fingerprint density at radius 3 is 2.60 bits per heavy atom. The van der Waals surface area contributed by atoms with Crippen LogP contribution in [-0.2, 0) is 11.3 Å². The van der Waals surface area contributed by atoms with E-state index in [0.29, 0.717) is 41.5 Å². The number of benzene rings is 2. The highest BCUT2D eigenvalue weighted by Crippen LogP contribution is 2.38. The van der Waals surface area contributed by atoms with Gasteiger partial charge in [0.1, 0.15) is 11.3 Å². The van der Waals surface area contributed by atoms with E-state index in [1.54, 1.807) is 23.1 Å². The number of carbonyl (C=O) groups excluding carboxylic acids is 1. The zero-order valence-electron chi connectivity index (χ0n) is 18.7. The number of fused-ring (bicyclic) bond motifs is 1. The normalized spacial score (nSPS) is 14.2. The maximum Gasteiger partial charge on any atom is 0.306 e. The number of pyridine rings is 1. The van der Waals surface area contributed by atoms with Crippen LogP contribution in [0.5, 0.6) is 5.75 Å². The molecule has 0 saturated carbocycles. The molecule has 3 N–H and O–H groups in total. The van der Waals surface area contributed by atoms with E-state index in [1.807, 2.05) is 0 Å². The van der Waals surface area contributed by atoms with Crippen molar-refractivity contribution in [1.82, 2.24) is 10.3 Å². The number of ether oxygens (including phenoxy) is 1. The molecule has 0 unspecified atom stereocenters. The number of rotatable bonds is 6. The van der Waals surface area contributed by atoms with E-state index in [-0.39, 0.29) is 34.4 Å². The number of hydrogen-bond acceptors (Lipinski definition) is 5. The van der Waals surface area contributed by atoms with Gasteiger partial charge < -0.3 is 25.0 Å². The highest BCUT2D eigenvalue weighted by Gasteiger charge is 2.29. The lowest BCUT2D eigenvalue weighted by Crippen LogP contribution is -2.37. The summed E-state index contributed by atoms with van der Waals surface area (Å²) in [5.74, 6) is -2.59. The number of H-pyrrole nitrogens is 1. The van der Waals surface area contributed by atoms with Crippen molar-refractivity contribution in [1.29, 1.82) is 0 Å². The molecule has 2 heterocycles. The third-order valence-electron chi connectivity index (χ3n) is 6.12. The van der Waals surface area contributed by atoms with Gasteiger partial charge in [-0.1, -0.05) is 29.3 Å². The van der Waals surface area contributed by atoms with Crippen molar-refractivity contribution in [2.24, 2.45) is 5.92 Å². The molecule has 1 aromatic heterocycles. The van der Waals surface area contributed by atoms with Crippen LogP contribution in [-0.4, -0.2) is 42.2 Å². The molecule has 1 aliphatic rings. The van der Waals surface area contributed by atoms with E-state index in [2.05, 4.69) is 10.3 Å². The lowest BCUT2D eigenvalue weighted by atomic mass is 9.96. The summed E-state index contributed by atoms with van der Waals surface area (Å²) >= 11 is 12.0. The third-order valence-corrected chi connectivity index (χ3v) is 6.71. The van der Waals surface area contributed by atoms with Crippen LogP contribution in [0, 0.1) is 11.7 Å². The van der Waals surface area contributed by atoms with Crippen LogP contribution in [0.25, 0.3) is 10.9 Å². The predicted molar refractivity (Wildman–Crippen MR) is 131 cm³/mol. The first-order chi connectivity index (χ1) is 16.7. The van der Waals surface area contributed by atoms with Crippen molar-refractivity contribution in [3.05, 3.63) is 67.7 Å². The quantitative estimate of drug-likeness (QED) is 0.447. The smallest absolute Gasteiger partial charge is 0.306 e. The fourth-order valence-electron chi connectivity index (χ4n) is 4.24. The summed E-state index contributed by atoms with van der Waals surface area (Å²) in [5.41, 5.74) is 0.150. The van der Waals surface area contributed by atoms with E-state index < -0.39 is 29.0 Å². The topological polar surface area (TPSA) is 112 Å². The van der Waals surface area contributed by atoms with Gasteiger partial charge >= 0.3 is 5.97 Å². The Labute approximate surface area is 209 Å². The van der Waals surface area contributed by atoms with Gasteiger partial charge in [0.2, 0.25) is 5.43 Å². The summed E-state index contributed by atoms with van der Waals surface area (Å²) in [4.78, 5) is 41.7. The monoisotopic (exact) mass is 521 g/mol. The molecular weight excluding hydrogens is 500 g/mol. The number of carbonyl (C=O) groups is 2. The molecule has 35 heavy (non-hydrogen) atoms. The second kappa shape index (κ2) is 10.1. The van der Waals surface area contributed by atoms with Crippen molar-refractivity contribution in [3.8, 4) is 5.75 Å². The molecule has 0 aliphatic carbocycles. The van der Waals surface area contributed by atoms with Crippen LogP contribution < -0.4 is 20.4 Å². The van der Waals surface area contributed by atoms with Crippen LogP contribution in [0.4, 0.5) is 10.1 Å². The molecule has 0 radical (unpaired) electrons. The van der Waals surface area contributed by atoms with Crippen LogP contribution in [0.15, 0.2) is 35.3 Å². The number of aromatic amines is 1. The van der Waals surface area contributed by atoms with Crippen molar-refractivity contribution in [3.63, 3.8) is 0 Å². The van der Waals surface area contributed by atoms with E-state index in [0.717, 1.165) is 6.07 Å². The van der Waals surface area contributed by atoms with Gasteiger partial charge in [-0.2, -0.15) is 0 Å². The lowest BCUT2D eigenvalue weighted by molar-refractivity contribution is -0.142. The number of nitrogens with one attached hydrogen (secondary N) is 2. The van der Waals surface area contributed by atoms with Gasteiger partial charge in [-0.15, -0.1) is 0 Å². The highest BCUT2D eigenvalue weighted by molar-refractivity contribution is 6.35. The van der Waals surface area contributed by atoms with Crippen molar-refractivity contribution in [2.45, 2.75) is 19.4 Å². The highest BCUT2D eigenvalue weighted by atomic mass is 35.5. The molecule has 184 valence electrons. The van der Waals surface area contributed by atoms with E-state index in [4.69, 9.17) is 27.9 Å². The summed E-state index contributed by atoms with van der Waals surface area (Å²) in [6, 6.07) is 5.91. The molecule has 1 amide bonds. The van der Waals surface area contributed by atoms with Crippen LogP contribution in [0.1, 0.15) is 28.8 Å². The fraction of sp³-hybridized carbons (Fsp3) is 0.292. The van der Waals surface area contributed by atoms with Gasteiger partial charge in [0.15, 0.2) is 11.6 Å². The van der Waals surface area contributed by atoms with Gasteiger partial charge in [0.25, 0.3) is 5.91 Å². The van der Waals surface area contributed by atoms with Gasteiger partial charge in [-0.05, 0) is 36.6 Å². The number of nitrogens with zero attached hydrogens (tertiary/aromatic N) is 1. The summed E-state index contributed by atoms with van der Waals surface area (Å²) < 4.78 is 20.7. The number of hydrogen-bond donors (Lipinski definition) is 3. The number of halogens is 3. The standard InChI is InChI=1S/C24H22Cl2FN3O5/c1-35-22-19-15(9-18(27)20(22)30-6-4-12(5-7-30)24(33)34)21(31)16(11-28-19)23(32)29-10-13-2-3-14(25)8-17(13)26/h2-3,8-9,11-12H,4-7,10H2,1H3,(H,28,31)(H,29,32)(H,33,34). The molecule has 3 aromatic rings. The van der Waals surface area contributed by atoms with E-state index in [9.17, 15) is 19.5 Å². The predicted octanol–water partition coefficient (Wildman–Crippen LogP) is 4.21. The van der Waals surface area contributed by atoms with Gasteiger partial charge in [-0.3, -0.25) is 14.4 Å². The minimum Gasteiger partial charge on any atom is -0.492 e. The van der Waals surface area contributed by atoms with Crippen molar-refractivity contribution in [2.75, 3.05) is 25.1 Å². The molecule has 0 spiro atoms. The Hall–Kier alpha value is -3.30. The van der Waals surface area contributed by atoms with Crippen molar-refractivity contribution >= 4 is 51.7 Å². The van der Waals surface area contributed by atoms with E-state index in [1.165, 1.54) is 13.3 Å². The number of aromatic nitrogens is 1. The minimum absolute atomic E-state index is 0.0410. The maximum absolute atomic E-state index is 15.2. The average Bonchev–Trinajstić information content (AvgIpc) is 2.83. The maximum atomic E-state index is 15.2. The second-order valence-corrected chi connectivity index (χ2v) is 9.06. The first-order valence-electron chi connectivity index (χ1n) is 10.8. The van der Waals surface area contributed by atoms with Gasteiger partial charge in [0, 0.05) is 35.9 Å². The molecule has 4 rings (SSSR count). The van der Waals surface area contributed by atoms with Gasteiger partial charge in [-0.25, -0.2) is 4.39 Å². The molecule has 11 heteroatoms. The lowest BCUT2D eigenvalue weighted by Gasteiger charge is -2.33. The summed E-state index contributed by atoms with van der Waals surface area (Å²) in [6.07, 6.45) is 1.98. The number of anilines is 1. The Kier molecular flexibility index (Phi) is 7.18. The fourth-order valence-corrected chi connectivity index (χ4v) is 4.72. The van der Waals surface area contributed by atoms with Gasteiger partial charge in [0.05, 0.1) is 23.9 Å². The number of carboxylic acid groups (broad SMARTS) is 1. The minimum atomic E-state index is -0.871. The molecule has 1 aliphatic heterocycles. The molecular formula is C24H22Cl2FN3O5. The van der Waals surface area contributed by atoms with Crippen molar-refractivity contribution < 1.29 is 23.8 Å². The Balaban J connectivity index is 1.64. The Bertz CT molecular complexity index is 1370. The first-order valence-corrected chi connectivity index (χ1v) is 11.6. The summed E-state index contributed by atoms with van der Waals surface area (Å²) in [5, 5.41) is 12.6. The Morgan fingerprint density at radius 1 is 1.26 bits per heavy atom. The number of piperidine rings is 1. The second-order valence-electron chi connectivity index (χ2n) is 8.21. The number of carboxylic acids is 1. The molecule has 0 bridgehead atoms. The third kappa shape index (κ3) is 4.92. The SMILES string of the molecule is COc1c(N2CCC(C(=O)O)CC2)c(F)cc2c(=O)c(C(=O)NCc3ccc(Cl)cc3Cl)c[nH]c12. The largest absolute Gasteiger partial charge is 0.492 e. The molecule has 8 nitrogen and oxygen atoms in total. The molecule has 0 atom stereocenters. The first kappa shape index (κ1) is 24.8. The zero-order valence-corrected chi connectivity index (χ0v) is 20.2. The number of methoxy groups -OCH3 is 1. The summed E-state index contributed by atoms with van der Waals surface area (Å²) in [7, 11) is 1.36. The summed E-state index contributed by atoms with van der Waals surface area (Å²) in [6.45, 7) is 0.719. The average molecular weight is 522 g/mol. The van der Waals surface area contributed by atoms with Crippen LogP contribution in [0.3, 0.4) is 0 Å². The zero-order chi connectivity index (χ0) is 25.3. The molecule has 1 saturated heterocycles.